The Balaban J connectivity index is 1.30. The quantitative estimate of drug-likeness (QED) is 0.202. The number of hydrogen-bond acceptors (Lipinski definition) is 3. The average Bonchev–Trinajstić information content (AvgIpc) is 3.11. The smallest absolute Gasteiger partial charge is 0.153 e. The van der Waals surface area contributed by atoms with E-state index in [0.717, 1.165) is 39.9 Å². The summed E-state index contributed by atoms with van der Waals surface area (Å²) in [6.45, 7) is 4.67. The number of benzene rings is 7. The van der Waals surface area contributed by atoms with Gasteiger partial charge in [0.15, 0.2) is 11.5 Å². The van der Waals surface area contributed by atoms with Gasteiger partial charge in [0.25, 0.3) is 0 Å². The second-order valence-electron chi connectivity index (χ2n) is 12.6. The molecule has 0 aromatic heterocycles. The van der Waals surface area contributed by atoms with Crippen LogP contribution in [0.1, 0.15) is 25.0 Å². The first-order chi connectivity index (χ1) is 22.6. The van der Waals surface area contributed by atoms with Crippen LogP contribution in [0.15, 0.2) is 158 Å². The Bertz CT molecular complexity index is 2270. The van der Waals surface area contributed by atoms with Gasteiger partial charge >= 0.3 is 0 Å². The predicted molar refractivity (Wildman–Crippen MR) is 191 cm³/mol. The highest BCUT2D eigenvalue weighted by Gasteiger charge is 2.42. The van der Waals surface area contributed by atoms with Crippen LogP contribution in [0, 0.1) is 0 Å². The molecule has 3 nitrogen and oxygen atoms in total. The minimum atomic E-state index is -0.260. The van der Waals surface area contributed by atoms with E-state index in [4.69, 9.17) is 4.74 Å². The molecule has 7 aromatic carbocycles. The summed E-state index contributed by atoms with van der Waals surface area (Å²) in [6.07, 6.45) is 0. The molecule has 0 saturated carbocycles. The molecule has 46 heavy (non-hydrogen) atoms. The number of ether oxygens (including phenoxy) is 1. The minimum Gasteiger partial charge on any atom is -0.453 e. The molecule has 2 heterocycles. The van der Waals surface area contributed by atoms with Crippen LogP contribution in [0.2, 0.25) is 0 Å². The van der Waals surface area contributed by atoms with Gasteiger partial charge in [-0.25, -0.2) is 0 Å². The molecule has 0 bridgehead atoms. The summed E-state index contributed by atoms with van der Waals surface area (Å²) >= 11 is 0. The van der Waals surface area contributed by atoms with E-state index in [1.165, 1.54) is 38.7 Å². The summed E-state index contributed by atoms with van der Waals surface area (Å²) in [5, 5.41) is 2.40. The number of anilines is 6. The van der Waals surface area contributed by atoms with Gasteiger partial charge in [0.2, 0.25) is 0 Å². The molecule has 0 radical (unpaired) electrons. The van der Waals surface area contributed by atoms with Crippen molar-refractivity contribution in [1.82, 2.24) is 0 Å². The van der Waals surface area contributed by atoms with Gasteiger partial charge in [-0.05, 0) is 70.1 Å². The van der Waals surface area contributed by atoms with E-state index in [0.29, 0.717) is 0 Å². The zero-order chi connectivity index (χ0) is 30.8. The second-order valence-corrected chi connectivity index (χ2v) is 12.6. The first-order valence-electron chi connectivity index (χ1n) is 15.9. The van der Waals surface area contributed by atoms with Crippen molar-refractivity contribution in [2.75, 3.05) is 9.80 Å². The maximum atomic E-state index is 6.79. The van der Waals surface area contributed by atoms with Gasteiger partial charge in [-0.2, -0.15) is 0 Å². The fraction of sp³-hybridized carbons (Fsp3) is 0.0698. The Morgan fingerprint density at radius 1 is 0.522 bits per heavy atom. The van der Waals surface area contributed by atoms with Crippen molar-refractivity contribution in [3.63, 3.8) is 0 Å². The summed E-state index contributed by atoms with van der Waals surface area (Å²) < 4.78 is 6.79. The van der Waals surface area contributed by atoms with Crippen LogP contribution in [0.3, 0.4) is 0 Å². The molecule has 0 unspecified atom stereocenters. The Morgan fingerprint density at radius 2 is 1.20 bits per heavy atom. The van der Waals surface area contributed by atoms with E-state index < -0.39 is 0 Å². The molecule has 7 aromatic rings. The van der Waals surface area contributed by atoms with Gasteiger partial charge in [-0.1, -0.05) is 123 Å². The predicted octanol–water partition coefficient (Wildman–Crippen LogP) is 12.2. The largest absolute Gasteiger partial charge is 0.453 e. The molecule has 0 fully saturated rings. The van der Waals surface area contributed by atoms with Crippen molar-refractivity contribution < 1.29 is 4.74 Å². The summed E-state index contributed by atoms with van der Waals surface area (Å²) in [4.78, 5) is 4.78. The lowest BCUT2D eigenvalue weighted by atomic mass is 9.73. The van der Waals surface area contributed by atoms with Gasteiger partial charge in [0.1, 0.15) is 0 Å². The molecule has 0 N–H and O–H groups in total. The lowest BCUT2D eigenvalue weighted by Crippen LogP contribution is -2.32. The molecule has 0 spiro atoms. The summed E-state index contributed by atoms with van der Waals surface area (Å²) in [7, 11) is 0. The molecule has 0 atom stereocenters. The van der Waals surface area contributed by atoms with Crippen LogP contribution in [-0.4, -0.2) is 0 Å². The van der Waals surface area contributed by atoms with Crippen molar-refractivity contribution in [1.29, 1.82) is 0 Å². The van der Waals surface area contributed by atoms with Crippen LogP contribution < -0.4 is 14.5 Å². The highest BCUT2D eigenvalue weighted by atomic mass is 16.5. The zero-order valence-corrected chi connectivity index (χ0v) is 25.8. The van der Waals surface area contributed by atoms with E-state index in [-0.39, 0.29) is 5.41 Å². The molecule has 0 saturated heterocycles. The number of hydrogen-bond donors (Lipinski definition) is 0. The van der Waals surface area contributed by atoms with E-state index in [1.54, 1.807) is 0 Å². The van der Waals surface area contributed by atoms with Gasteiger partial charge in [0.05, 0.1) is 28.4 Å². The monoisotopic (exact) mass is 592 g/mol. The Morgan fingerprint density at radius 3 is 2.04 bits per heavy atom. The fourth-order valence-corrected chi connectivity index (χ4v) is 7.33. The lowest BCUT2D eigenvalue weighted by Gasteiger charge is -2.45. The Labute approximate surface area is 269 Å². The van der Waals surface area contributed by atoms with Crippen LogP contribution in [-0.2, 0) is 5.41 Å². The fourth-order valence-electron chi connectivity index (χ4n) is 7.33. The van der Waals surface area contributed by atoms with Crippen molar-refractivity contribution in [2.24, 2.45) is 0 Å². The van der Waals surface area contributed by atoms with Crippen molar-refractivity contribution in [3.8, 4) is 22.6 Å². The van der Waals surface area contributed by atoms with E-state index >= 15 is 0 Å². The third-order valence-electron chi connectivity index (χ3n) is 9.60. The van der Waals surface area contributed by atoms with Gasteiger partial charge in [0, 0.05) is 22.6 Å². The highest BCUT2D eigenvalue weighted by molar-refractivity contribution is 6.01. The van der Waals surface area contributed by atoms with Gasteiger partial charge in [-0.15, -0.1) is 0 Å². The molecule has 2 aliphatic rings. The summed E-state index contributed by atoms with van der Waals surface area (Å²) in [5.74, 6) is 1.72. The summed E-state index contributed by atoms with van der Waals surface area (Å²) in [5.41, 5.74) is 11.3. The standard InChI is InChI=1S/C43H32N2O/c1-43(2)35-18-8-9-19-38(35)45-39-20-10-11-22-40(39)46-41-28-33(27-36(43)42(41)45)44(37-21-12-16-31-15-6-7-17-34(31)37)32-25-23-30(24-26-32)29-13-4-3-5-14-29/h3-28H,1-2H3. The molecule has 0 amide bonds. The maximum Gasteiger partial charge on any atom is 0.153 e. The molecule has 2 aliphatic heterocycles. The Kier molecular flexibility index (Phi) is 5.85. The van der Waals surface area contributed by atoms with Crippen molar-refractivity contribution in [2.45, 2.75) is 19.3 Å². The number of para-hydroxylation sites is 3. The second kappa shape index (κ2) is 10.1. The molecular formula is C43H32N2O. The van der Waals surface area contributed by atoms with Crippen LogP contribution in [0.5, 0.6) is 11.5 Å². The zero-order valence-electron chi connectivity index (χ0n) is 25.8. The van der Waals surface area contributed by atoms with Crippen molar-refractivity contribution in [3.05, 3.63) is 169 Å². The first-order valence-corrected chi connectivity index (χ1v) is 15.9. The van der Waals surface area contributed by atoms with Crippen molar-refractivity contribution >= 4 is 44.9 Å². The first kappa shape index (κ1) is 26.6. The third-order valence-corrected chi connectivity index (χ3v) is 9.60. The molecule has 3 heteroatoms. The lowest BCUT2D eigenvalue weighted by molar-refractivity contribution is 0.471. The Hall–Kier alpha value is -5.80. The van der Waals surface area contributed by atoms with Crippen LogP contribution in [0.4, 0.5) is 34.1 Å². The third kappa shape index (κ3) is 3.98. The normalized spacial score (nSPS) is 13.7. The number of nitrogens with zero attached hydrogens (tertiary/aromatic N) is 2. The van der Waals surface area contributed by atoms with E-state index in [2.05, 4.69) is 175 Å². The molecular weight excluding hydrogens is 560 g/mol. The van der Waals surface area contributed by atoms with Crippen LogP contribution in [0.25, 0.3) is 21.9 Å². The molecule has 0 aliphatic carbocycles. The minimum absolute atomic E-state index is 0.260. The van der Waals surface area contributed by atoms with Gasteiger partial charge in [-0.3, -0.25) is 0 Å². The van der Waals surface area contributed by atoms with E-state index in [9.17, 15) is 0 Å². The van der Waals surface area contributed by atoms with E-state index in [1.807, 2.05) is 6.07 Å². The van der Waals surface area contributed by atoms with Crippen LogP contribution >= 0.6 is 0 Å². The molecule has 9 rings (SSSR count). The summed E-state index contributed by atoms with van der Waals surface area (Å²) in [6, 6.07) is 56.4. The maximum absolute atomic E-state index is 6.79. The highest BCUT2D eigenvalue weighted by Crippen LogP contribution is 2.61. The van der Waals surface area contributed by atoms with Gasteiger partial charge < -0.3 is 14.5 Å². The molecule has 220 valence electrons. The number of rotatable bonds is 4. The average molecular weight is 593 g/mol. The number of fused-ring (bicyclic) bond motifs is 5. The topological polar surface area (TPSA) is 15.7 Å². The SMILES string of the molecule is CC1(C)c2ccccc2N2c3ccccc3Oc3cc(N(c4ccc(-c5ccccc5)cc4)c4cccc5ccccc45)cc1c32.